The fourth-order valence-corrected chi connectivity index (χ4v) is 3.52. The van der Waals surface area contributed by atoms with Crippen LogP contribution in [0, 0.1) is 5.92 Å². The van der Waals surface area contributed by atoms with Crippen molar-refractivity contribution in [1.29, 1.82) is 0 Å². The van der Waals surface area contributed by atoms with E-state index in [1.54, 1.807) is 7.05 Å². The molecule has 0 spiro atoms. The van der Waals surface area contributed by atoms with Crippen molar-refractivity contribution < 1.29 is 8.42 Å². The Labute approximate surface area is 101 Å². The van der Waals surface area contributed by atoms with Crippen LogP contribution >= 0.6 is 0 Å². The van der Waals surface area contributed by atoms with Crippen molar-refractivity contribution in [2.45, 2.75) is 37.4 Å². The Morgan fingerprint density at radius 1 is 1.53 bits per heavy atom. The molecular weight excluding hydrogens is 240 g/mol. The normalized spacial score (nSPS) is 24.6. The molecule has 1 aliphatic rings. The van der Waals surface area contributed by atoms with E-state index in [1.165, 1.54) is 6.20 Å². The van der Waals surface area contributed by atoms with Crippen molar-refractivity contribution in [3.8, 4) is 0 Å². The van der Waals surface area contributed by atoms with E-state index in [2.05, 4.69) is 27.2 Å². The Morgan fingerprint density at radius 2 is 2.24 bits per heavy atom. The predicted octanol–water partition coefficient (Wildman–Crippen LogP) is 0.206. The summed E-state index contributed by atoms with van der Waals surface area (Å²) in [5.41, 5.74) is 0.660. The Morgan fingerprint density at radius 3 is 2.82 bits per heavy atom. The molecule has 0 atom stereocenters. The third-order valence-corrected chi connectivity index (χ3v) is 4.54. The molecule has 3 N–H and O–H groups in total. The second-order valence-corrected chi connectivity index (χ2v) is 6.30. The van der Waals surface area contributed by atoms with Gasteiger partial charge in [-0.3, -0.25) is 5.10 Å². The van der Waals surface area contributed by atoms with Gasteiger partial charge in [0, 0.05) is 18.2 Å². The zero-order valence-corrected chi connectivity index (χ0v) is 10.8. The van der Waals surface area contributed by atoms with Gasteiger partial charge in [0.05, 0.1) is 6.20 Å². The van der Waals surface area contributed by atoms with Gasteiger partial charge in [-0.15, -0.1) is 0 Å². The highest BCUT2D eigenvalue weighted by molar-refractivity contribution is 7.89. The quantitative estimate of drug-likeness (QED) is 0.704. The molecule has 96 valence electrons. The van der Waals surface area contributed by atoms with Crippen LogP contribution in [0.2, 0.25) is 0 Å². The second-order valence-electron chi connectivity index (χ2n) is 4.65. The molecule has 0 bridgehead atoms. The van der Waals surface area contributed by atoms with Gasteiger partial charge < -0.3 is 5.32 Å². The van der Waals surface area contributed by atoms with Gasteiger partial charge in [0.15, 0.2) is 5.03 Å². The zero-order valence-electron chi connectivity index (χ0n) is 10.0. The van der Waals surface area contributed by atoms with Crippen molar-refractivity contribution in [2.24, 2.45) is 5.92 Å². The number of nitrogens with one attached hydrogen (secondary N) is 3. The second kappa shape index (κ2) is 4.75. The summed E-state index contributed by atoms with van der Waals surface area (Å²) in [5, 5.41) is 9.44. The summed E-state index contributed by atoms with van der Waals surface area (Å²) in [6, 6.07) is 0.0701. The van der Waals surface area contributed by atoms with Gasteiger partial charge in [-0.05, 0) is 25.8 Å². The summed E-state index contributed by atoms with van der Waals surface area (Å²) >= 11 is 0. The van der Waals surface area contributed by atoms with E-state index in [1.807, 2.05) is 0 Å². The van der Waals surface area contributed by atoms with Crippen LogP contribution in [-0.2, 0) is 16.6 Å². The summed E-state index contributed by atoms with van der Waals surface area (Å²) in [6.45, 7) is 2.60. The molecule has 1 aromatic heterocycles. The van der Waals surface area contributed by atoms with Crippen LogP contribution in [0.1, 0.15) is 25.3 Å². The van der Waals surface area contributed by atoms with E-state index in [4.69, 9.17) is 0 Å². The Balaban J connectivity index is 2.11. The van der Waals surface area contributed by atoms with Crippen molar-refractivity contribution in [2.75, 3.05) is 7.05 Å². The van der Waals surface area contributed by atoms with Gasteiger partial charge >= 0.3 is 0 Å². The molecular formula is C10H18N4O2S. The number of sulfonamides is 1. The largest absolute Gasteiger partial charge is 0.316 e. The molecule has 1 heterocycles. The molecule has 0 unspecified atom stereocenters. The molecule has 1 aliphatic carbocycles. The molecule has 0 amide bonds. The van der Waals surface area contributed by atoms with Gasteiger partial charge in [-0.1, -0.05) is 6.92 Å². The van der Waals surface area contributed by atoms with E-state index < -0.39 is 10.0 Å². The monoisotopic (exact) mass is 258 g/mol. The fourth-order valence-electron chi connectivity index (χ4n) is 2.13. The molecule has 2 rings (SSSR count). The highest BCUT2D eigenvalue weighted by atomic mass is 32.2. The average molecular weight is 258 g/mol. The maximum Gasteiger partial charge on any atom is 0.258 e. The highest BCUT2D eigenvalue weighted by Crippen LogP contribution is 2.27. The number of hydrogen-bond acceptors (Lipinski definition) is 4. The third-order valence-electron chi connectivity index (χ3n) is 3.01. The van der Waals surface area contributed by atoms with E-state index in [9.17, 15) is 8.42 Å². The molecule has 0 aliphatic heterocycles. The van der Waals surface area contributed by atoms with Crippen molar-refractivity contribution >= 4 is 10.0 Å². The Bertz CT molecular complexity index is 476. The summed E-state index contributed by atoms with van der Waals surface area (Å²) in [7, 11) is -1.69. The molecule has 6 nitrogen and oxygen atoms in total. The maximum absolute atomic E-state index is 12.1. The van der Waals surface area contributed by atoms with Crippen LogP contribution in [0.5, 0.6) is 0 Å². The molecule has 7 heteroatoms. The molecule has 0 saturated heterocycles. The zero-order chi connectivity index (χ0) is 12.5. The van der Waals surface area contributed by atoms with E-state index in [0.29, 0.717) is 18.0 Å². The molecule has 1 saturated carbocycles. The van der Waals surface area contributed by atoms with Crippen LogP contribution in [0.15, 0.2) is 11.2 Å². The van der Waals surface area contributed by atoms with E-state index in [-0.39, 0.29) is 11.1 Å². The first-order valence-corrected chi connectivity index (χ1v) is 7.20. The Kier molecular flexibility index (Phi) is 3.50. The van der Waals surface area contributed by atoms with E-state index >= 15 is 0 Å². The number of nitrogens with zero attached hydrogens (tertiary/aromatic N) is 1. The third kappa shape index (κ3) is 2.67. The van der Waals surface area contributed by atoms with E-state index in [0.717, 1.165) is 12.8 Å². The molecule has 1 aromatic rings. The minimum atomic E-state index is -3.46. The minimum absolute atomic E-state index is 0.0701. The lowest BCUT2D eigenvalue weighted by molar-refractivity contribution is 0.270. The van der Waals surface area contributed by atoms with Crippen LogP contribution in [0.4, 0.5) is 0 Å². The first kappa shape index (κ1) is 12.5. The predicted molar refractivity (Wildman–Crippen MR) is 63.9 cm³/mol. The summed E-state index contributed by atoms with van der Waals surface area (Å²) < 4.78 is 26.9. The molecule has 1 fully saturated rings. The van der Waals surface area contributed by atoms with Crippen LogP contribution in [-0.4, -0.2) is 31.7 Å². The van der Waals surface area contributed by atoms with Crippen LogP contribution < -0.4 is 10.0 Å². The first-order chi connectivity index (χ1) is 8.03. The number of rotatable bonds is 5. The number of aromatic nitrogens is 2. The fraction of sp³-hybridized carbons (Fsp3) is 0.700. The minimum Gasteiger partial charge on any atom is -0.316 e. The Hall–Kier alpha value is -0.920. The van der Waals surface area contributed by atoms with Gasteiger partial charge in [0.1, 0.15) is 0 Å². The molecule has 0 radical (unpaired) electrons. The summed E-state index contributed by atoms with van der Waals surface area (Å²) in [4.78, 5) is 0. The lowest BCUT2D eigenvalue weighted by atomic mass is 9.83. The maximum atomic E-state index is 12.1. The van der Waals surface area contributed by atoms with Gasteiger partial charge in [-0.2, -0.15) is 5.10 Å². The standard InChI is InChI=1S/C10H18N4O2S/c1-7-3-9(4-7)14-17(15,16)10-8(5-11-2)6-12-13-10/h6-7,9,11,14H,3-5H2,1-2H3,(H,12,13). The van der Waals surface area contributed by atoms with Crippen LogP contribution in [0.25, 0.3) is 0 Å². The smallest absolute Gasteiger partial charge is 0.258 e. The molecule has 17 heavy (non-hydrogen) atoms. The lowest BCUT2D eigenvalue weighted by Crippen LogP contribution is -2.43. The van der Waals surface area contributed by atoms with Crippen molar-refractivity contribution in [1.82, 2.24) is 20.2 Å². The number of H-pyrrole nitrogens is 1. The lowest BCUT2D eigenvalue weighted by Gasteiger charge is -2.32. The van der Waals surface area contributed by atoms with Crippen LogP contribution in [0.3, 0.4) is 0 Å². The number of aromatic amines is 1. The topological polar surface area (TPSA) is 86.9 Å². The summed E-state index contributed by atoms with van der Waals surface area (Å²) in [6.07, 6.45) is 3.36. The van der Waals surface area contributed by atoms with Gasteiger partial charge in [0.25, 0.3) is 10.0 Å². The SMILES string of the molecule is CNCc1cn[nH]c1S(=O)(=O)NC1CC(C)C1. The first-order valence-electron chi connectivity index (χ1n) is 5.72. The highest BCUT2D eigenvalue weighted by Gasteiger charge is 2.31. The average Bonchev–Trinajstić information content (AvgIpc) is 2.64. The number of hydrogen-bond donors (Lipinski definition) is 3. The van der Waals surface area contributed by atoms with Crippen molar-refractivity contribution in [3.63, 3.8) is 0 Å². The van der Waals surface area contributed by atoms with Gasteiger partial charge in [0.2, 0.25) is 0 Å². The summed E-state index contributed by atoms with van der Waals surface area (Å²) in [5.74, 6) is 0.612. The molecule has 0 aromatic carbocycles. The van der Waals surface area contributed by atoms with Gasteiger partial charge in [-0.25, -0.2) is 13.1 Å². The van der Waals surface area contributed by atoms with Crippen molar-refractivity contribution in [3.05, 3.63) is 11.8 Å².